The summed E-state index contributed by atoms with van der Waals surface area (Å²) in [5.41, 5.74) is 0. The van der Waals surface area contributed by atoms with Crippen molar-refractivity contribution < 1.29 is 0 Å². The Labute approximate surface area is 132 Å². The smallest absolute Gasteiger partial charge is 0.191 e. The molecule has 2 N–H and O–H groups in total. The van der Waals surface area contributed by atoms with Crippen LogP contribution in [0.1, 0.15) is 18.7 Å². The summed E-state index contributed by atoms with van der Waals surface area (Å²) in [4.78, 5) is 8.47. The molecule has 0 bridgehead atoms. The van der Waals surface area contributed by atoms with Crippen LogP contribution in [-0.2, 0) is 13.1 Å². The largest absolute Gasteiger partial charge is 0.356 e. The number of guanidine groups is 1. The van der Waals surface area contributed by atoms with Crippen LogP contribution in [0.4, 0.5) is 0 Å². The number of nitrogens with zero attached hydrogens (tertiary/aromatic N) is 4. The fourth-order valence-electron chi connectivity index (χ4n) is 2.30. The molecular weight excluding hydrogens is 276 g/mol. The van der Waals surface area contributed by atoms with E-state index in [9.17, 15) is 0 Å². The highest BCUT2D eigenvalue weighted by molar-refractivity contribution is 5.79. The van der Waals surface area contributed by atoms with Gasteiger partial charge >= 0.3 is 0 Å². The Hall–Kier alpha value is -2.24. The van der Waals surface area contributed by atoms with E-state index in [2.05, 4.69) is 42.1 Å². The summed E-state index contributed by atoms with van der Waals surface area (Å²) in [5.74, 6) is 1.95. The van der Waals surface area contributed by atoms with E-state index in [0.29, 0.717) is 0 Å². The maximum absolute atomic E-state index is 4.24. The molecule has 0 saturated carbocycles. The monoisotopic (exact) mass is 302 g/mol. The van der Waals surface area contributed by atoms with Gasteiger partial charge in [0, 0.05) is 58.0 Å². The number of aromatic nitrogens is 3. The molecule has 22 heavy (non-hydrogen) atoms. The number of unbranched alkanes of at least 4 members (excludes halogenated alkanes) is 1. The first-order valence-electron chi connectivity index (χ1n) is 7.82. The summed E-state index contributed by atoms with van der Waals surface area (Å²) in [7, 11) is 1.81. The normalized spacial score (nSPS) is 11.6. The van der Waals surface area contributed by atoms with Crippen molar-refractivity contribution in [2.75, 3.05) is 20.1 Å². The summed E-state index contributed by atoms with van der Waals surface area (Å²) >= 11 is 0. The summed E-state index contributed by atoms with van der Waals surface area (Å²) in [6.45, 7) is 5.79. The molecule has 0 aliphatic heterocycles. The van der Waals surface area contributed by atoms with Crippen molar-refractivity contribution in [1.29, 1.82) is 0 Å². The Kier molecular flexibility index (Phi) is 6.54. The summed E-state index contributed by atoms with van der Waals surface area (Å²) in [5, 5.41) is 6.67. The lowest BCUT2D eigenvalue weighted by molar-refractivity contribution is 0.586. The van der Waals surface area contributed by atoms with Gasteiger partial charge in [0.25, 0.3) is 0 Å². The highest BCUT2D eigenvalue weighted by atomic mass is 15.2. The van der Waals surface area contributed by atoms with Crippen molar-refractivity contribution in [3.8, 4) is 0 Å². The van der Waals surface area contributed by atoms with Crippen LogP contribution in [-0.4, -0.2) is 40.2 Å². The minimum Gasteiger partial charge on any atom is -0.356 e. The van der Waals surface area contributed by atoms with Gasteiger partial charge < -0.3 is 19.8 Å². The predicted octanol–water partition coefficient (Wildman–Crippen LogP) is 1.64. The summed E-state index contributed by atoms with van der Waals surface area (Å²) in [6, 6.07) is 4.07. The van der Waals surface area contributed by atoms with Crippen LogP contribution in [0, 0.1) is 6.92 Å². The van der Waals surface area contributed by atoms with Crippen LogP contribution in [0.15, 0.2) is 41.9 Å². The second-order valence-corrected chi connectivity index (χ2v) is 5.22. The third-order valence-corrected chi connectivity index (χ3v) is 3.59. The first kappa shape index (κ1) is 16.1. The van der Waals surface area contributed by atoms with E-state index < -0.39 is 0 Å². The van der Waals surface area contributed by atoms with Gasteiger partial charge in [-0.1, -0.05) is 0 Å². The fraction of sp³-hybridized carbons (Fsp3) is 0.500. The molecule has 0 amide bonds. The third kappa shape index (κ3) is 5.27. The Morgan fingerprint density at radius 3 is 2.55 bits per heavy atom. The lowest BCUT2D eigenvalue weighted by Crippen LogP contribution is -2.39. The standard InChI is InChI=1S/C16H26N6/c1-15-18-9-14-22(15)12-4-3-7-19-16(17-2)20-8-13-21-10-5-6-11-21/h5-6,9-11,14H,3-4,7-8,12-13H2,1-2H3,(H2,17,19,20). The molecule has 2 heterocycles. The van der Waals surface area contributed by atoms with E-state index in [1.165, 1.54) is 0 Å². The van der Waals surface area contributed by atoms with Gasteiger partial charge in [0.15, 0.2) is 5.96 Å². The highest BCUT2D eigenvalue weighted by Gasteiger charge is 1.98. The zero-order chi connectivity index (χ0) is 15.6. The highest BCUT2D eigenvalue weighted by Crippen LogP contribution is 1.99. The van der Waals surface area contributed by atoms with Crippen molar-refractivity contribution in [3.63, 3.8) is 0 Å². The second-order valence-electron chi connectivity index (χ2n) is 5.22. The van der Waals surface area contributed by atoms with E-state index >= 15 is 0 Å². The summed E-state index contributed by atoms with van der Waals surface area (Å²) in [6.07, 6.45) is 10.3. The Balaban J connectivity index is 1.55. The molecular formula is C16H26N6. The molecule has 0 unspecified atom stereocenters. The van der Waals surface area contributed by atoms with Crippen LogP contribution in [0.3, 0.4) is 0 Å². The van der Waals surface area contributed by atoms with Crippen molar-refractivity contribution >= 4 is 5.96 Å². The Morgan fingerprint density at radius 1 is 1.09 bits per heavy atom. The molecule has 0 fully saturated rings. The lowest BCUT2D eigenvalue weighted by atomic mass is 10.3. The van der Waals surface area contributed by atoms with Gasteiger partial charge in [0.2, 0.25) is 0 Å². The number of aliphatic imine (C=N–C) groups is 1. The van der Waals surface area contributed by atoms with Crippen molar-refractivity contribution in [1.82, 2.24) is 24.8 Å². The van der Waals surface area contributed by atoms with Gasteiger partial charge in [-0.05, 0) is 31.9 Å². The van der Waals surface area contributed by atoms with E-state index in [0.717, 1.165) is 50.8 Å². The number of hydrogen-bond donors (Lipinski definition) is 2. The first-order chi connectivity index (χ1) is 10.8. The fourth-order valence-corrected chi connectivity index (χ4v) is 2.30. The molecule has 0 aromatic carbocycles. The lowest BCUT2D eigenvalue weighted by Gasteiger charge is -2.12. The van der Waals surface area contributed by atoms with Gasteiger partial charge in [-0.15, -0.1) is 0 Å². The molecule has 2 aromatic heterocycles. The van der Waals surface area contributed by atoms with Gasteiger partial charge in [0.1, 0.15) is 5.82 Å². The predicted molar refractivity (Wildman–Crippen MR) is 90.0 cm³/mol. The van der Waals surface area contributed by atoms with Gasteiger partial charge in [-0.3, -0.25) is 4.99 Å². The zero-order valence-electron chi connectivity index (χ0n) is 13.5. The molecule has 2 aromatic rings. The number of imidazole rings is 1. The zero-order valence-corrected chi connectivity index (χ0v) is 13.5. The molecule has 0 spiro atoms. The average molecular weight is 302 g/mol. The molecule has 120 valence electrons. The third-order valence-electron chi connectivity index (χ3n) is 3.59. The van der Waals surface area contributed by atoms with Crippen LogP contribution in [0.5, 0.6) is 0 Å². The SMILES string of the molecule is CN=C(NCCCCn1ccnc1C)NCCn1cccc1. The quantitative estimate of drug-likeness (QED) is 0.443. The minimum atomic E-state index is 0.864. The van der Waals surface area contributed by atoms with E-state index in [4.69, 9.17) is 0 Å². The number of rotatable bonds is 8. The van der Waals surface area contributed by atoms with Crippen LogP contribution < -0.4 is 10.6 Å². The van der Waals surface area contributed by atoms with E-state index in [1.54, 1.807) is 7.05 Å². The van der Waals surface area contributed by atoms with Gasteiger partial charge in [-0.25, -0.2) is 4.98 Å². The number of nitrogens with one attached hydrogen (secondary N) is 2. The van der Waals surface area contributed by atoms with Crippen LogP contribution in [0.25, 0.3) is 0 Å². The first-order valence-corrected chi connectivity index (χ1v) is 7.82. The number of aryl methyl sites for hydroxylation is 2. The molecule has 6 heteroatoms. The minimum absolute atomic E-state index is 0.864. The molecule has 0 saturated heterocycles. The summed E-state index contributed by atoms with van der Waals surface area (Å²) < 4.78 is 4.33. The molecule has 0 radical (unpaired) electrons. The average Bonchev–Trinajstić information content (AvgIpc) is 3.17. The van der Waals surface area contributed by atoms with Crippen LogP contribution >= 0.6 is 0 Å². The molecule has 6 nitrogen and oxygen atoms in total. The molecule has 2 rings (SSSR count). The molecule has 0 aliphatic carbocycles. The maximum Gasteiger partial charge on any atom is 0.191 e. The van der Waals surface area contributed by atoms with Crippen molar-refractivity contribution in [2.45, 2.75) is 32.9 Å². The molecule has 0 atom stereocenters. The topological polar surface area (TPSA) is 59.2 Å². The Morgan fingerprint density at radius 2 is 1.86 bits per heavy atom. The van der Waals surface area contributed by atoms with E-state index in [-0.39, 0.29) is 0 Å². The number of hydrogen-bond acceptors (Lipinski definition) is 2. The van der Waals surface area contributed by atoms with Gasteiger partial charge in [0.05, 0.1) is 0 Å². The van der Waals surface area contributed by atoms with Crippen molar-refractivity contribution in [2.24, 2.45) is 4.99 Å². The van der Waals surface area contributed by atoms with Gasteiger partial charge in [-0.2, -0.15) is 0 Å². The second kappa shape index (κ2) is 8.92. The maximum atomic E-state index is 4.24. The Bertz CT molecular complexity index is 555. The van der Waals surface area contributed by atoms with Crippen LogP contribution in [0.2, 0.25) is 0 Å². The molecule has 0 aliphatic rings. The van der Waals surface area contributed by atoms with Crippen molar-refractivity contribution in [3.05, 3.63) is 42.7 Å². The van der Waals surface area contributed by atoms with E-state index in [1.807, 2.05) is 31.5 Å².